The standard InChI is InChI=1S/C12H19ClN2O/c13-11-6-2-1-5-10(11)12(9-14)15-7-3-4-8-16/h1-2,5-6,12,15-16H,3-4,7-9,14H2. The molecule has 0 heterocycles. The van der Waals surface area contributed by atoms with E-state index < -0.39 is 0 Å². The maximum atomic E-state index is 8.68. The minimum atomic E-state index is 0.0902. The molecule has 1 unspecified atom stereocenters. The van der Waals surface area contributed by atoms with Crippen molar-refractivity contribution < 1.29 is 5.11 Å². The summed E-state index contributed by atoms with van der Waals surface area (Å²) in [5, 5.41) is 12.8. The fourth-order valence-electron chi connectivity index (χ4n) is 1.59. The van der Waals surface area contributed by atoms with Crippen LogP contribution >= 0.6 is 11.6 Å². The zero-order valence-corrected chi connectivity index (χ0v) is 10.1. The molecule has 4 N–H and O–H groups in total. The van der Waals surface area contributed by atoms with E-state index in [1.54, 1.807) is 0 Å². The van der Waals surface area contributed by atoms with Crippen molar-refractivity contribution in [3.05, 3.63) is 34.9 Å². The van der Waals surface area contributed by atoms with Crippen molar-refractivity contribution in [3.63, 3.8) is 0 Å². The quantitative estimate of drug-likeness (QED) is 0.638. The normalized spacial score (nSPS) is 12.7. The van der Waals surface area contributed by atoms with Crippen LogP contribution in [0.25, 0.3) is 0 Å². The molecule has 0 saturated heterocycles. The molecule has 0 aliphatic rings. The number of halogens is 1. The molecule has 1 atom stereocenters. The van der Waals surface area contributed by atoms with Gasteiger partial charge in [0.1, 0.15) is 0 Å². The van der Waals surface area contributed by atoms with Crippen LogP contribution in [0.1, 0.15) is 24.4 Å². The van der Waals surface area contributed by atoms with E-state index >= 15 is 0 Å². The van der Waals surface area contributed by atoms with E-state index in [4.69, 9.17) is 22.4 Å². The lowest BCUT2D eigenvalue weighted by Crippen LogP contribution is -2.29. The third-order valence-electron chi connectivity index (χ3n) is 2.49. The molecular weight excluding hydrogens is 224 g/mol. The molecule has 3 nitrogen and oxygen atoms in total. The summed E-state index contributed by atoms with van der Waals surface area (Å²) >= 11 is 6.10. The van der Waals surface area contributed by atoms with E-state index in [2.05, 4.69) is 5.32 Å². The lowest BCUT2D eigenvalue weighted by atomic mass is 10.1. The summed E-state index contributed by atoms with van der Waals surface area (Å²) in [6.07, 6.45) is 1.75. The fraction of sp³-hybridized carbons (Fsp3) is 0.500. The highest BCUT2D eigenvalue weighted by atomic mass is 35.5. The highest BCUT2D eigenvalue weighted by molar-refractivity contribution is 6.31. The first kappa shape index (κ1) is 13.5. The smallest absolute Gasteiger partial charge is 0.0459 e. The average Bonchev–Trinajstić information content (AvgIpc) is 2.31. The molecule has 90 valence electrons. The van der Waals surface area contributed by atoms with Gasteiger partial charge in [0, 0.05) is 24.2 Å². The van der Waals surface area contributed by atoms with Gasteiger partial charge >= 0.3 is 0 Å². The molecule has 0 saturated carbocycles. The van der Waals surface area contributed by atoms with Crippen LogP contribution in [0.4, 0.5) is 0 Å². The summed E-state index contributed by atoms with van der Waals surface area (Å²) in [6.45, 7) is 1.59. The van der Waals surface area contributed by atoms with Crippen LogP contribution in [0.3, 0.4) is 0 Å². The van der Waals surface area contributed by atoms with Crippen molar-refractivity contribution in [2.75, 3.05) is 19.7 Å². The number of nitrogens with one attached hydrogen (secondary N) is 1. The van der Waals surface area contributed by atoms with E-state index in [0.717, 1.165) is 30.0 Å². The highest BCUT2D eigenvalue weighted by Gasteiger charge is 2.11. The van der Waals surface area contributed by atoms with Gasteiger partial charge in [0.2, 0.25) is 0 Å². The number of unbranched alkanes of at least 4 members (excludes halogenated alkanes) is 1. The van der Waals surface area contributed by atoms with Crippen molar-refractivity contribution in [1.29, 1.82) is 0 Å². The zero-order chi connectivity index (χ0) is 11.8. The van der Waals surface area contributed by atoms with Crippen LogP contribution in [0, 0.1) is 0 Å². The fourth-order valence-corrected chi connectivity index (χ4v) is 1.86. The Kier molecular flexibility index (Phi) is 6.42. The molecular formula is C12H19ClN2O. The van der Waals surface area contributed by atoms with Crippen molar-refractivity contribution in [2.45, 2.75) is 18.9 Å². The zero-order valence-electron chi connectivity index (χ0n) is 9.32. The van der Waals surface area contributed by atoms with Gasteiger partial charge in [-0.15, -0.1) is 0 Å². The van der Waals surface area contributed by atoms with Crippen molar-refractivity contribution in [1.82, 2.24) is 5.32 Å². The molecule has 0 bridgehead atoms. The summed E-state index contributed by atoms with van der Waals surface area (Å²) in [5.74, 6) is 0. The van der Waals surface area contributed by atoms with Crippen LogP contribution in [-0.4, -0.2) is 24.8 Å². The van der Waals surface area contributed by atoms with Gasteiger partial charge in [0.05, 0.1) is 0 Å². The van der Waals surface area contributed by atoms with E-state index in [1.807, 2.05) is 24.3 Å². The van der Waals surface area contributed by atoms with Crippen LogP contribution in [0.5, 0.6) is 0 Å². The summed E-state index contributed by atoms with van der Waals surface area (Å²) in [6, 6.07) is 7.81. The Balaban J connectivity index is 2.51. The number of hydrogen-bond acceptors (Lipinski definition) is 3. The number of benzene rings is 1. The minimum absolute atomic E-state index is 0.0902. The first-order valence-electron chi connectivity index (χ1n) is 5.58. The monoisotopic (exact) mass is 242 g/mol. The number of aliphatic hydroxyl groups excluding tert-OH is 1. The number of aliphatic hydroxyl groups is 1. The van der Waals surface area contributed by atoms with Crippen LogP contribution in [-0.2, 0) is 0 Å². The molecule has 1 aromatic carbocycles. The lowest BCUT2D eigenvalue weighted by Gasteiger charge is -2.18. The molecule has 1 aromatic rings. The molecule has 16 heavy (non-hydrogen) atoms. The van der Waals surface area contributed by atoms with E-state index in [0.29, 0.717) is 6.54 Å². The third kappa shape index (κ3) is 4.10. The van der Waals surface area contributed by atoms with Crippen LogP contribution < -0.4 is 11.1 Å². The van der Waals surface area contributed by atoms with Gasteiger partial charge in [0.25, 0.3) is 0 Å². The Morgan fingerprint density at radius 2 is 2.06 bits per heavy atom. The first-order chi connectivity index (χ1) is 7.79. The Morgan fingerprint density at radius 3 is 2.69 bits per heavy atom. The maximum absolute atomic E-state index is 8.68. The van der Waals surface area contributed by atoms with Gasteiger partial charge in [-0.25, -0.2) is 0 Å². The summed E-state index contributed by atoms with van der Waals surface area (Å²) in [4.78, 5) is 0. The minimum Gasteiger partial charge on any atom is -0.396 e. The van der Waals surface area contributed by atoms with Gasteiger partial charge in [-0.1, -0.05) is 29.8 Å². The lowest BCUT2D eigenvalue weighted by molar-refractivity contribution is 0.282. The molecule has 1 rings (SSSR count). The van der Waals surface area contributed by atoms with E-state index in [9.17, 15) is 0 Å². The predicted octanol–water partition coefficient (Wildman–Crippen LogP) is 1.70. The molecule has 0 spiro atoms. The topological polar surface area (TPSA) is 58.3 Å². The molecule has 0 aliphatic carbocycles. The van der Waals surface area contributed by atoms with Gasteiger partial charge in [-0.2, -0.15) is 0 Å². The highest BCUT2D eigenvalue weighted by Crippen LogP contribution is 2.21. The van der Waals surface area contributed by atoms with Crippen LogP contribution in [0.2, 0.25) is 5.02 Å². The second-order valence-electron chi connectivity index (χ2n) is 3.69. The second-order valence-corrected chi connectivity index (χ2v) is 4.10. The Hall–Kier alpha value is -0.610. The number of nitrogens with two attached hydrogens (primary N) is 1. The predicted molar refractivity (Wildman–Crippen MR) is 67.6 cm³/mol. The van der Waals surface area contributed by atoms with E-state index in [-0.39, 0.29) is 12.6 Å². The summed E-state index contributed by atoms with van der Waals surface area (Å²) in [7, 11) is 0. The van der Waals surface area contributed by atoms with Crippen molar-refractivity contribution in [3.8, 4) is 0 Å². The van der Waals surface area contributed by atoms with Gasteiger partial charge in [-0.3, -0.25) is 0 Å². The Bertz CT molecular complexity index is 307. The first-order valence-corrected chi connectivity index (χ1v) is 5.96. The van der Waals surface area contributed by atoms with Gasteiger partial charge in [-0.05, 0) is 31.0 Å². The summed E-state index contributed by atoms with van der Waals surface area (Å²) < 4.78 is 0. The largest absolute Gasteiger partial charge is 0.396 e. The number of rotatable bonds is 7. The van der Waals surface area contributed by atoms with Gasteiger partial charge < -0.3 is 16.2 Å². The maximum Gasteiger partial charge on any atom is 0.0459 e. The van der Waals surface area contributed by atoms with Gasteiger partial charge in [0.15, 0.2) is 0 Å². The van der Waals surface area contributed by atoms with E-state index in [1.165, 1.54) is 0 Å². The Labute approximate surface area is 102 Å². The SMILES string of the molecule is NCC(NCCCCO)c1ccccc1Cl. The molecule has 0 radical (unpaired) electrons. The van der Waals surface area contributed by atoms with Crippen LogP contribution in [0.15, 0.2) is 24.3 Å². The molecule has 0 amide bonds. The van der Waals surface area contributed by atoms with Crippen molar-refractivity contribution in [2.24, 2.45) is 5.73 Å². The Morgan fingerprint density at radius 1 is 1.31 bits per heavy atom. The summed E-state index contributed by atoms with van der Waals surface area (Å²) in [5.41, 5.74) is 6.76. The second kappa shape index (κ2) is 7.63. The van der Waals surface area contributed by atoms with Crippen molar-refractivity contribution >= 4 is 11.6 Å². The molecule has 0 aliphatic heterocycles. The third-order valence-corrected chi connectivity index (χ3v) is 2.84. The number of hydrogen-bond donors (Lipinski definition) is 3. The molecule has 0 fully saturated rings. The molecule has 4 heteroatoms. The molecule has 0 aromatic heterocycles. The average molecular weight is 243 g/mol.